The van der Waals surface area contributed by atoms with Gasteiger partial charge in [0.05, 0.1) is 6.61 Å². The van der Waals surface area contributed by atoms with Crippen LogP contribution in [0, 0.1) is 0 Å². The maximum atomic E-state index is 11.8. The van der Waals surface area contributed by atoms with Crippen LogP contribution in [0.1, 0.15) is 55.1 Å². The number of nitrogens with zero attached hydrogens (tertiary/aromatic N) is 2. The molecule has 94 valence electrons. The second-order valence-electron chi connectivity index (χ2n) is 4.37. The van der Waals surface area contributed by atoms with Crippen LogP contribution in [0.15, 0.2) is 0 Å². The first-order valence-electron chi connectivity index (χ1n) is 6.22. The van der Waals surface area contributed by atoms with Crippen LogP contribution in [0.2, 0.25) is 0 Å². The molecule has 1 aliphatic rings. The highest BCUT2D eigenvalue weighted by atomic mass is 16.5. The molecule has 5 heteroatoms. The molecule has 5 nitrogen and oxygen atoms in total. The molecule has 17 heavy (non-hydrogen) atoms. The number of nitrogen functional groups attached to an aromatic ring is 1. The van der Waals surface area contributed by atoms with Gasteiger partial charge in [0.2, 0.25) is 0 Å². The van der Waals surface area contributed by atoms with Gasteiger partial charge in [-0.05, 0) is 32.1 Å². The number of anilines is 1. The molecule has 0 saturated heterocycles. The summed E-state index contributed by atoms with van der Waals surface area (Å²) in [5, 5.41) is 4.30. The van der Waals surface area contributed by atoms with Gasteiger partial charge in [0.1, 0.15) is 5.82 Å². The van der Waals surface area contributed by atoms with E-state index in [4.69, 9.17) is 10.5 Å². The zero-order valence-electron chi connectivity index (χ0n) is 10.4. The Morgan fingerprint density at radius 3 is 2.76 bits per heavy atom. The number of carbonyl (C=O) groups is 1. The predicted octanol–water partition coefficient (Wildman–Crippen LogP) is 1.93. The average Bonchev–Trinajstić information content (AvgIpc) is 3.07. The van der Waals surface area contributed by atoms with Crippen molar-refractivity contribution >= 4 is 11.8 Å². The van der Waals surface area contributed by atoms with E-state index >= 15 is 0 Å². The number of hydrogen-bond acceptors (Lipinski definition) is 4. The van der Waals surface area contributed by atoms with Gasteiger partial charge in [0, 0.05) is 12.1 Å². The molecule has 1 saturated carbocycles. The zero-order chi connectivity index (χ0) is 12.4. The quantitative estimate of drug-likeness (QED) is 0.794. The summed E-state index contributed by atoms with van der Waals surface area (Å²) in [4.78, 5) is 11.8. The molecule has 0 radical (unpaired) electrons. The number of hydrogen-bond donors (Lipinski definition) is 1. The highest BCUT2D eigenvalue weighted by molar-refractivity contribution is 5.90. The average molecular weight is 237 g/mol. The summed E-state index contributed by atoms with van der Waals surface area (Å²) in [5.41, 5.74) is 7.37. The number of carbonyl (C=O) groups excluding carboxylic acids is 1. The number of aromatic nitrogens is 2. The molecule has 0 spiro atoms. The first kappa shape index (κ1) is 12.0. The minimum atomic E-state index is -0.351. The van der Waals surface area contributed by atoms with Gasteiger partial charge < -0.3 is 10.5 Å². The Kier molecular flexibility index (Phi) is 3.36. The first-order valence-corrected chi connectivity index (χ1v) is 6.22. The Hall–Kier alpha value is -1.52. The summed E-state index contributed by atoms with van der Waals surface area (Å²) in [7, 11) is 0. The second kappa shape index (κ2) is 4.77. The molecule has 0 bridgehead atoms. The van der Waals surface area contributed by atoms with Crippen LogP contribution >= 0.6 is 0 Å². The Balaban J connectivity index is 2.35. The van der Waals surface area contributed by atoms with Crippen LogP contribution in [0.5, 0.6) is 0 Å². The lowest BCUT2D eigenvalue weighted by Gasteiger charge is -2.02. The Bertz CT molecular complexity index is 422. The lowest BCUT2D eigenvalue weighted by atomic mass is 10.1. The molecule has 0 aromatic carbocycles. The van der Waals surface area contributed by atoms with Crippen LogP contribution in [0.3, 0.4) is 0 Å². The third-order valence-corrected chi connectivity index (χ3v) is 2.92. The number of ether oxygens (including phenoxy) is 1. The summed E-state index contributed by atoms with van der Waals surface area (Å²) in [6, 6.07) is 0. The summed E-state index contributed by atoms with van der Waals surface area (Å²) < 4.78 is 6.74. The Labute approximate surface area is 101 Å². The van der Waals surface area contributed by atoms with Crippen molar-refractivity contribution in [2.24, 2.45) is 0 Å². The minimum Gasteiger partial charge on any atom is -0.461 e. The van der Waals surface area contributed by atoms with Gasteiger partial charge in [0.15, 0.2) is 5.69 Å². The SMILES string of the molecule is CCCn1nc(C(=O)OCC)c(C2CC2)c1N. The second-order valence-corrected chi connectivity index (χ2v) is 4.37. The lowest BCUT2D eigenvalue weighted by Crippen LogP contribution is -2.08. The molecule has 0 unspecified atom stereocenters. The van der Waals surface area contributed by atoms with Crippen molar-refractivity contribution in [1.82, 2.24) is 9.78 Å². The molecular weight excluding hydrogens is 218 g/mol. The van der Waals surface area contributed by atoms with Crippen molar-refractivity contribution in [3.05, 3.63) is 11.3 Å². The lowest BCUT2D eigenvalue weighted by molar-refractivity contribution is 0.0517. The number of rotatable bonds is 5. The summed E-state index contributed by atoms with van der Waals surface area (Å²) >= 11 is 0. The summed E-state index contributed by atoms with van der Waals surface area (Å²) in [6.45, 7) is 4.96. The van der Waals surface area contributed by atoms with Crippen LogP contribution in [0.4, 0.5) is 5.82 Å². The van der Waals surface area contributed by atoms with E-state index < -0.39 is 0 Å². The third kappa shape index (κ3) is 2.28. The molecule has 2 rings (SSSR count). The van der Waals surface area contributed by atoms with Crippen LogP contribution in [0.25, 0.3) is 0 Å². The van der Waals surface area contributed by atoms with Crippen molar-refractivity contribution < 1.29 is 9.53 Å². The van der Waals surface area contributed by atoms with Gasteiger partial charge in [-0.15, -0.1) is 0 Å². The third-order valence-electron chi connectivity index (χ3n) is 2.92. The molecule has 1 aliphatic carbocycles. The van der Waals surface area contributed by atoms with Crippen molar-refractivity contribution in [1.29, 1.82) is 0 Å². The van der Waals surface area contributed by atoms with Gasteiger partial charge in [-0.3, -0.25) is 0 Å². The predicted molar refractivity (Wildman–Crippen MR) is 64.9 cm³/mol. The van der Waals surface area contributed by atoms with E-state index in [9.17, 15) is 4.79 Å². The van der Waals surface area contributed by atoms with E-state index in [2.05, 4.69) is 12.0 Å². The summed E-state index contributed by atoms with van der Waals surface area (Å²) in [5.74, 6) is 0.688. The van der Waals surface area contributed by atoms with Gasteiger partial charge >= 0.3 is 5.97 Å². The van der Waals surface area contributed by atoms with Crippen molar-refractivity contribution in [2.45, 2.75) is 45.6 Å². The highest BCUT2D eigenvalue weighted by Gasteiger charge is 2.34. The Morgan fingerprint density at radius 2 is 2.24 bits per heavy atom. The molecule has 2 N–H and O–H groups in total. The zero-order valence-corrected chi connectivity index (χ0v) is 10.4. The van der Waals surface area contributed by atoms with Crippen molar-refractivity contribution in [3.8, 4) is 0 Å². The minimum absolute atomic E-state index is 0.351. The maximum Gasteiger partial charge on any atom is 0.359 e. The molecule has 1 heterocycles. The topological polar surface area (TPSA) is 70.1 Å². The summed E-state index contributed by atoms with van der Waals surface area (Å²) in [6.07, 6.45) is 3.13. The van der Waals surface area contributed by atoms with Crippen molar-refractivity contribution in [2.75, 3.05) is 12.3 Å². The number of esters is 1. The first-order chi connectivity index (χ1) is 8.19. The van der Waals surface area contributed by atoms with Gasteiger partial charge in [-0.25, -0.2) is 9.48 Å². The normalized spacial score (nSPS) is 14.9. The molecule has 0 atom stereocenters. The van der Waals surface area contributed by atoms with E-state index in [1.165, 1.54) is 0 Å². The van der Waals surface area contributed by atoms with Crippen LogP contribution < -0.4 is 5.73 Å². The molecule has 0 aliphatic heterocycles. The van der Waals surface area contributed by atoms with E-state index in [0.717, 1.165) is 31.4 Å². The number of nitrogens with two attached hydrogens (primary N) is 1. The van der Waals surface area contributed by atoms with E-state index in [1.54, 1.807) is 11.6 Å². The fraction of sp³-hybridized carbons (Fsp3) is 0.667. The van der Waals surface area contributed by atoms with Crippen molar-refractivity contribution in [3.63, 3.8) is 0 Å². The van der Waals surface area contributed by atoms with Crippen LogP contribution in [-0.2, 0) is 11.3 Å². The standard InChI is InChI=1S/C12H19N3O2/c1-3-7-15-11(13)9(8-5-6-8)10(14-15)12(16)17-4-2/h8H,3-7,13H2,1-2H3. The highest BCUT2D eigenvalue weighted by Crippen LogP contribution is 2.44. The number of aryl methyl sites for hydroxylation is 1. The van der Waals surface area contributed by atoms with E-state index in [1.807, 2.05) is 0 Å². The molecule has 1 aromatic rings. The maximum absolute atomic E-state index is 11.8. The van der Waals surface area contributed by atoms with E-state index in [0.29, 0.717) is 24.0 Å². The molecule has 0 amide bonds. The van der Waals surface area contributed by atoms with Gasteiger partial charge in [-0.2, -0.15) is 5.10 Å². The van der Waals surface area contributed by atoms with Gasteiger partial charge in [-0.1, -0.05) is 6.92 Å². The monoisotopic (exact) mass is 237 g/mol. The molecule has 1 aromatic heterocycles. The fourth-order valence-electron chi connectivity index (χ4n) is 2.00. The van der Waals surface area contributed by atoms with E-state index in [-0.39, 0.29) is 5.97 Å². The Morgan fingerprint density at radius 1 is 1.53 bits per heavy atom. The van der Waals surface area contributed by atoms with Gasteiger partial charge in [0.25, 0.3) is 0 Å². The fourth-order valence-corrected chi connectivity index (χ4v) is 2.00. The van der Waals surface area contributed by atoms with Crippen LogP contribution in [-0.4, -0.2) is 22.4 Å². The largest absolute Gasteiger partial charge is 0.461 e. The molecule has 1 fully saturated rings. The molecular formula is C12H19N3O2. The smallest absolute Gasteiger partial charge is 0.359 e.